The van der Waals surface area contributed by atoms with E-state index in [1.165, 1.54) is 24.0 Å². The van der Waals surface area contributed by atoms with Crippen molar-refractivity contribution in [1.29, 1.82) is 0 Å². The second-order valence-electron chi connectivity index (χ2n) is 7.74. The van der Waals surface area contributed by atoms with Crippen LogP contribution in [0.1, 0.15) is 30.9 Å². The van der Waals surface area contributed by atoms with Crippen LogP contribution in [0.2, 0.25) is 0 Å². The van der Waals surface area contributed by atoms with Crippen LogP contribution in [-0.4, -0.2) is 41.8 Å². The van der Waals surface area contributed by atoms with E-state index in [0.717, 1.165) is 35.0 Å². The quantitative estimate of drug-likeness (QED) is 0.668. The van der Waals surface area contributed by atoms with Crippen molar-refractivity contribution in [2.24, 2.45) is 0 Å². The van der Waals surface area contributed by atoms with E-state index in [-0.39, 0.29) is 11.2 Å². The molecular weight excluding hydrogens is 377 g/mol. The van der Waals surface area contributed by atoms with Gasteiger partial charge >= 0.3 is 0 Å². The van der Waals surface area contributed by atoms with Crippen LogP contribution >= 0.6 is 0 Å². The molecular formula is C21H24FN3O2S. The van der Waals surface area contributed by atoms with Crippen molar-refractivity contribution >= 4 is 20.9 Å². The zero-order valence-corrected chi connectivity index (χ0v) is 17.1. The molecule has 0 aliphatic carbocycles. The highest BCUT2D eigenvalue weighted by atomic mass is 32.2. The van der Waals surface area contributed by atoms with Gasteiger partial charge in [0.2, 0.25) is 10.0 Å². The third kappa shape index (κ3) is 3.12. The molecule has 7 heteroatoms. The normalized spacial score (nSPS) is 20.9. The molecule has 1 aromatic heterocycles. The number of aromatic nitrogens is 2. The Bertz CT molecular complexity index is 1140. The Morgan fingerprint density at radius 2 is 1.93 bits per heavy atom. The zero-order valence-electron chi connectivity index (χ0n) is 16.3. The number of nitrogens with zero attached hydrogens (tertiary/aromatic N) is 3. The maximum absolute atomic E-state index is 13.3. The fraction of sp³-hybridized carbons (Fsp3) is 0.381. The molecule has 1 fully saturated rings. The predicted molar refractivity (Wildman–Crippen MR) is 109 cm³/mol. The van der Waals surface area contributed by atoms with Gasteiger partial charge in [0.25, 0.3) is 0 Å². The molecule has 2 aromatic carbocycles. The number of sulfonamides is 1. The Morgan fingerprint density at radius 3 is 2.54 bits per heavy atom. The van der Waals surface area contributed by atoms with E-state index in [1.54, 1.807) is 16.4 Å². The third-order valence-electron chi connectivity index (χ3n) is 6.02. The Balaban J connectivity index is 1.79. The first-order valence-corrected chi connectivity index (χ1v) is 11.3. The molecule has 1 unspecified atom stereocenters. The monoisotopic (exact) mass is 401 g/mol. The van der Waals surface area contributed by atoms with Gasteiger partial charge in [-0.3, -0.25) is 0 Å². The number of fused-ring (bicyclic) bond motifs is 1. The molecule has 0 N–H and O–H groups in total. The summed E-state index contributed by atoms with van der Waals surface area (Å²) in [6, 6.07) is 10.5. The van der Waals surface area contributed by atoms with Crippen molar-refractivity contribution in [3.63, 3.8) is 0 Å². The van der Waals surface area contributed by atoms with Crippen LogP contribution in [0.4, 0.5) is 4.39 Å². The summed E-state index contributed by atoms with van der Waals surface area (Å²) in [6.45, 7) is 5.26. The highest BCUT2D eigenvalue weighted by Crippen LogP contribution is 2.41. The molecule has 2 heterocycles. The number of hydrogen-bond donors (Lipinski definition) is 0. The second-order valence-corrected chi connectivity index (χ2v) is 9.72. The van der Waals surface area contributed by atoms with E-state index in [9.17, 15) is 12.8 Å². The minimum absolute atomic E-state index is 0.181. The Labute approximate surface area is 164 Å². The van der Waals surface area contributed by atoms with Gasteiger partial charge in [-0.25, -0.2) is 21.8 Å². The van der Waals surface area contributed by atoms with Gasteiger partial charge in [0, 0.05) is 23.9 Å². The lowest BCUT2D eigenvalue weighted by Gasteiger charge is -2.30. The van der Waals surface area contributed by atoms with Gasteiger partial charge in [-0.15, -0.1) is 0 Å². The van der Waals surface area contributed by atoms with Crippen molar-refractivity contribution in [3.05, 3.63) is 59.5 Å². The first-order valence-electron chi connectivity index (χ1n) is 9.43. The van der Waals surface area contributed by atoms with E-state index in [4.69, 9.17) is 0 Å². The molecule has 3 aromatic rings. The molecule has 1 aliphatic rings. The SMILES string of the molecule is CCC1(c2cc3cnn(-c4ccc(F)cc4)c3cc2C)CCN(S(C)(=O)=O)C1. The fourth-order valence-corrected chi connectivity index (χ4v) is 5.26. The molecule has 0 spiro atoms. The summed E-state index contributed by atoms with van der Waals surface area (Å²) >= 11 is 0. The summed E-state index contributed by atoms with van der Waals surface area (Å²) < 4.78 is 40.7. The van der Waals surface area contributed by atoms with Crippen LogP contribution in [0.25, 0.3) is 16.6 Å². The summed E-state index contributed by atoms with van der Waals surface area (Å²) in [6.07, 6.45) is 4.78. The Kier molecular flexibility index (Phi) is 4.55. The van der Waals surface area contributed by atoms with E-state index in [2.05, 4.69) is 31.1 Å². The number of hydrogen-bond acceptors (Lipinski definition) is 3. The molecule has 0 saturated carbocycles. The zero-order chi connectivity index (χ0) is 20.1. The highest BCUT2D eigenvalue weighted by Gasteiger charge is 2.42. The largest absolute Gasteiger partial charge is 0.233 e. The van der Waals surface area contributed by atoms with Gasteiger partial charge in [-0.2, -0.15) is 5.10 Å². The number of halogens is 1. The fourth-order valence-electron chi connectivity index (χ4n) is 4.35. The molecule has 1 saturated heterocycles. The van der Waals surface area contributed by atoms with E-state index < -0.39 is 10.0 Å². The van der Waals surface area contributed by atoms with Gasteiger partial charge in [-0.1, -0.05) is 6.92 Å². The highest BCUT2D eigenvalue weighted by molar-refractivity contribution is 7.88. The van der Waals surface area contributed by atoms with Gasteiger partial charge < -0.3 is 0 Å². The lowest BCUT2D eigenvalue weighted by Crippen LogP contribution is -2.34. The average molecular weight is 402 g/mol. The molecule has 5 nitrogen and oxygen atoms in total. The van der Waals surface area contributed by atoms with E-state index in [0.29, 0.717) is 13.1 Å². The minimum Gasteiger partial charge on any atom is -0.233 e. The maximum atomic E-state index is 13.3. The predicted octanol–water partition coefficient (Wildman–Crippen LogP) is 3.79. The minimum atomic E-state index is -3.20. The summed E-state index contributed by atoms with van der Waals surface area (Å²) in [5, 5.41) is 5.49. The van der Waals surface area contributed by atoms with Crippen LogP contribution in [0.3, 0.4) is 0 Å². The van der Waals surface area contributed by atoms with E-state index >= 15 is 0 Å². The maximum Gasteiger partial charge on any atom is 0.211 e. The van der Waals surface area contributed by atoms with Gasteiger partial charge in [0.1, 0.15) is 5.82 Å². The lowest BCUT2D eigenvalue weighted by atomic mass is 9.75. The molecule has 28 heavy (non-hydrogen) atoms. The van der Waals surface area contributed by atoms with E-state index in [1.807, 2.05) is 10.9 Å². The van der Waals surface area contributed by atoms with Crippen LogP contribution in [0, 0.1) is 12.7 Å². The molecule has 0 bridgehead atoms. The summed E-state index contributed by atoms with van der Waals surface area (Å²) in [4.78, 5) is 0. The van der Waals surface area contributed by atoms with Crippen molar-refractivity contribution < 1.29 is 12.8 Å². The summed E-state index contributed by atoms with van der Waals surface area (Å²) in [7, 11) is -3.20. The third-order valence-corrected chi connectivity index (χ3v) is 7.27. The topological polar surface area (TPSA) is 55.2 Å². The molecule has 1 aliphatic heterocycles. The number of rotatable bonds is 4. The van der Waals surface area contributed by atoms with Gasteiger partial charge in [0.15, 0.2) is 0 Å². The number of aryl methyl sites for hydroxylation is 1. The first kappa shape index (κ1) is 19.1. The first-order chi connectivity index (χ1) is 13.2. The summed E-state index contributed by atoms with van der Waals surface area (Å²) in [5.41, 5.74) is 3.88. The van der Waals surface area contributed by atoms with Crippen LogP contribution in [-0.2, 0) is 15.4 Å². The van der Waals surface area contributed by atoms with Gasteiger partial charge in [0.05, 0.1) is 23.7 Å². The molecule has 148 valence electrons. The standard InChI is InChI=1S/C21H24FN3O2S/c1-4-21(9-10-24(14-21)28(3,26)27)19-12-16-13-23-25(20(16)11-15(19)2)18-7-5-17(22)6-8-18/h5-8,11-13H,4,9-10,14H2,1-3H3. The Morgan fingerprint density at radius 1 is 1.21 bits per heavy atom. The lowest BCUT2D eigenvalue weighted by molar-refractivity contribution is 0.408. The molecule has 0 radical (unpaired) electrons. The van der Waals surface area contributed by atoms with Crippen molar-refractivity contribution in [3.8, 4) is 5.69 Å². The average Bonchev–Trinajstić information content (AvgIpc) is 3.26. The number of benzene rings is 2. The van der Waals surface area contributed by atoms with Crippen molar-refractivity contribution in [2.75, 3.05) is 19.3 Å². The van der Waals surface area contributed by atoms with Crippen LogP contribution in [0.15, 0.2) is 42.6 Å². The summed E-state index contributed by atoms with van der Waals surface area (Å²) in [5.74, 6) is -0.278. The Hall–Kier alpha value is -2.25. The molecule has 1 atom stereocenters. The molecule has 4 rings (SSSR count). The smallest absolute Gasteiger partial charge is 0.211 e. The van der Waals surface area contributed by atoms with Gasteiger partial charge in [-0.05, 0) is 67.3 Å². The second kappa shape index (κ2) is 6.67. The molecule has 0 amide bonds. The van der Waals surface area contributed by atoms with Crippen LogP contribution in [0.5, 0.6) is 0 Å². The van der Waals surface area contributed by atoms with Crippen molar-refractivity contribution in [2.45, 2.75) is 32.1 Å². The van der Waals surface area contributed by atoms with Crippen LogP contribution < -0.4 is 0 Å². The van der Waals surface area contributed by atoms with Crippen molar-refractivity contribution in [1.82, 2.24) is 14.1 Å².